The summed E-state index contributed by atoms with van der Waals surface area (Å²) in [6.07, 6.45) is 1.83. The molecule has 2 rings (SSSR count). The third kappa shape index (κ3) is 2.87. The zero-order valence-corrected chi connectivity index (χ0v) is 12.1. The van der Waals surface area contributed by atoms with E-state index in [-0.39, 0.29) is 5.54 Å². The molecular weight excluding hydrogens is 230 g/mol. The predicted octanol–water partition coefficient (Wildman–Crippen LogP) is 4.11. The third-order valence-electron chi connectivity index (χ3n) is 4.12. The SMILES string of the molecule is CCC(N)(Cc1c(C)cccc1C)c1ccccc1. The molecule has 0 aliphatic heterocycles. The normalized spacial score (nSPS) is 14.1. The molecule has 0 aromatic heterocycles. The lowest BCUT2D eigenvalue weighted by Crippen LogP contribution is -2.38. The molecule has 1 atom stereocenters. The van der Waals surface area contributed by atoms with E-state index in [1.165, 1.54) is 22.3 Å². The standard InChI is InChI=1S/C18H23N/c1-4-18(19,16-11-6-5-7-12-16)13-17-14(2)9-8-10-15(17)3/h5-12H,4,13,19H2,1-3H3. The average molecular weight is 253 g/mol. The van der Waals surface area contributed by atoms with Crippen LogP contribution in [0.3, 0.4) is 0 Å². The molecule has 0 fully saturated rings. The second-order valence-electron chi connectivity index (χ2n) is 5.42. The molecule has 2 N–H and O–H groups in total. The van der Waals surface area contributed by atoms with E-state index >= 15 is 0 Å². The van der Waals surface area contributed by atoms with Crippen molar-refractivity contribution in [3.63, 3.8) is 0 Å². The number of aryl methyl sites for hydroxylation is 2. The fourth-order valence-electron chi connectivity index (χ4n) is 2.64. The summed E-state index contributed by atoms with van der Waals surface area (Å²) in [5.41, 5.74) is 11.7. The first kappa shape index (κ1) is 13.8. The summed E-state index contributed by atoms with van der Waals surface area (Å²) >= 11 is 0. The fourth-order valence-corrected chi connectivity index (χ4v) is 2.64. The topological polar surface area (TPSA) is 26.0 Å². The maximum atomic E-state index is 6.69. The van der Waals surface area contributed by atoms with Gasteiger partial charge in [0.1, 0.15) is 0 Å². The van der Waals surface area contributed by atoms with E-state index in [0.717, 1.165) is 12.8 Å². The van der Waals surface area contributed by atoms with Gasteiger partial charge in [-0.2, -0.15) is 0 Å². The first-order chi connectivity index (χ1) is 9.07. The van der Waals surface area contributed by atoms with Crippen molar-refractivity contribution in [1.29, 1.82) is 0 Å². The molecule has 0 bridgehead atoms. The first-order valence-electron chi connectivity index (χ1n) is 6.96. The van der Waals surface area contributed by atoms with Crippen LogP contribution in [0.2, 0.25) is 0 Å². The smallest absolute Gasteiger partial charge is 0.0447 e. The summed E-state index contributed by atoms with van der Waals surface area (Å²) in [4.78, 5) is 0. The van der Waals surface area contributed by atoms with E-state index in [0.29, 0.717) is 0 Å². The van der Waals surface area contributed by atoms with Crippen molar-refractivity contribution in [2.24, 2.45) is 5.73 Å². The Morgan fingerprint density at radius 2 is 1.47 bits per heavy atom. The van der Waals surface area contributed by atoms with Crippen LogP contribution in [-0.2, 0) is 12.0 Å². The fraction of sp³-hybridized carbons (Fsp3) is 0.333. The highest BCUT2D eigenvalue weighted by molar-refractivity contribution is 5.37. The maximum absolute atomic E-state index is 6.69. The van der Waals surface area contributed by atoms with Crippen LogP contribution in [-0.4, -0.2) is 0 Å². The van der Waals surface area contributed by atoms with Crippen molar-refractivity contribution in [3.8, 4) is 0 Å². The van der Waals surface area contributed by atoms with Gasteiger partial charge in [-0.3, -0.25) is 0 Å². The van der Waals surface area contributed by atoms with Crippen LogP contribution in [0.4, 0.5) is 0 Å². The van der Waals surface area contributed by atoms with Gasteiger partial charge in [-0.05, 0) is 48.9 Å². The van der Waals surface area contributed by atoms with Gasteiger partial charge in [0.05, 0.1) is 0 Å². The number of hydrogen-bond donors (Lipinski definition) is 1. The molecule has 0 aliphatic carbocycles. The number of hydrogen-bond acceptors (Lipinski definition) is 1. The molecule has 1 unspecified atom stereocenters. The maximum Gasteiger partial charge on any atom is 0.0447 e. The first-order valence-corrected chi connectivity index (χ1v) is 6.96. The molecule has 1 nitrogen and oxygen atoms in total. The van der Waals surface area contributed by atoms with E-state index < -0.39 is 0 Å². The lowest BCUT2D eigenvalue weighted by atomic mass is 9.80. The Labute approximate surface area is 116 Å². The lowest BCUT2D eigenvalue weighted by molar-refractivity contribution is 0.423. The molecule has 0 spiro atoms. The van der Waals surface area contributed by atoms with Crippen molar-refractivity contribution in [2.45, 2.75) is 39.2 Å². The summed E-state index contributed by atoms with van der Waals surface area (Å²) in [6, 6.07) is 16.9. The summed E-state index contributed by atoms with van der Waals surface area (Å²) < 4.78 is 0. The molecule has 0 saturated heterocycles. The number of nitrogens with two attached hydrogens (primary N) is 1. The Morgan fingerprint density at radius 1 is 0.895 bits per heavy atom. The Morgan fingerprint density at radius 3 is 2.00 bits per heavy atom. The quantitative estimate of drug-likeness (QED) is 0.872. The minimum absolute atomic E-state index is 0.280. The highest BCUT2D eigenvalue weighted by atomic mass is 14.7. The van der Waals surface area contributed by atoms with Gasteiger partial charge in [0.15, 0.2) is 0 Å². The van der Waals surface area contributed by atoms with Gasteiger partial charge in [0, 0.05) is 5.54 Å². The van der Waals surface area contributed by atoms with Crippen molar-refractivity contribution in [2.75, 3.05) is 0 Å². The molecule has 0 aliphatic rings. The summed E-state index contributed by atoms with van der Waals surface area (Å²) in [5.74, 6) is 0. The van der Waals surface area contributed by atoms with E-state index in [1.807, 2.05) is 6.07 Å². The van der Waals surface area contributed by atoms with Crippen molar-refractivity contribution in [3.05, 3.63) is 70.8 Å². The van der Waals surface area contributed by atoms with Gasteiger partial charge < -0.3 is 5.73 Å². The van der Waals surface area contributed by atoms with Crippen LogP contribution in [0.1, 0.15) is 35.6 Å². The minimum atomic E-state index is -0.280. The van der Waals surface area contributed by atoms with Crippen LogP contribution >= 0.6 is 0 Å². The van der Waals surface area contributed by atoms with Crippen LogP contribution < -0.4 is 5.73 Å². The van der Waals surface area contributed by atoms with Crippen molar-refractivity contribution in [1.82, 2.24) is 0 Å². The highest BCUT2D eigenvalue weighted by Gasteiger charge is 2.26. The van der Waals surface area contributed by atoms with Crippen LogP contribution in [0, 0.1) is 13.8 Å². The number of benzene rings is 2. The molecule has 0 heterocycles. The number of rotatable bonds is 4. The van der Waals surface area contributed by atoms with Crippen molar-refractivity contribution < 1.29 is 0 Å². The van der Waals surface area contributed by atoms with Gasteiger partial charge in [0.25, 0.3) is 0 Å². The van der Waals surface area contributed by atoms with Crippen LogP contribution in [0.15, 0.2) is 48.5 Å². The van der Waals surface area contributed by atoms with E-state index in [1.54, 1.807) is 0 Å². The molecule has 19 heavy (non-hydrogen) atoms. The third-order valence-corrected chi connectivity index (χ3v) is 4.12. The molecule has 0 amide bonds. The van der Waals surface area contributed by atoms with E-state index in [4.69, 9.17) is 5.73 Å². The Kier molecular flexibility index (Phi) is 4.06. The second kappa shape index (κ2) is 5.58. The molecular formula is C18H23N. The summed E-state index contributed by atoms with van der Waals surface area (Å²) in [6.45, 7) is 6.51. The summed E-state index contributed by atoms with van der Waals surface area (Å²) in [5, 5.41) is 0. The molecule has 100 valence electrons. The van der Waals surface area contributed by atoms with Gasteiger partial charge in [0.2, 0.25) is 0 Å². The summed E-state index contributed by atoms with van der Waals surface area (Å²) in [7, 11) is 0. The average Bonchev–Trinajstić information content (AvgIpc) is 2.44. The van der Waals surface area contributed by atoms with E-state index in [2.05, 4.69) is 63.2 Å². The molecule has 0 saturated carbocycles. The molecule has 2 aromatic rings. The Balaban J connectivity index is 2.39. The monoisotopic (exact) mass is 253 g/mol. The lowest BCUT2D eigenvalue weighted by Gasteiger charge is -2.30. The predicted molar refractivity (Wildman–Crippen MR) is 82.2 cm³/mol. The molecule has 2 aromatic carbocycles. The highest BCUT2D eigenvalue weighted by Crippen LogP contribution is 2.29. The van der Waals surface area contributed by atoms with E-state index in [9.17, 15) is 0 Å². The zero-order chi connectivity index (χ0) is 13.9. The largest absolute Gasteiger partial charge is 0.321 e. The van der Waals surface area contributed by atoms with Gasteiger partial charge in [-0.1, -0.05) is 55.5 Å². The molecule has 0 radical (unpaired) electrons. The van der Waals surface area contributed by atoms with Crippen LogP contribution in [0.5, 0.6) is 0 Å². The van der Waals surface area contributed by atoms with Crippen molar-refractivity contribution >= 4 is 0 Å². The van der Waals surface area contributed by atoms with Gasteiger partial charge >= 0.3 is 0 Å². The Hall–Kier alpha value is -1.60. The zero-order valence-electron chi connectivity index (χ0n) is 12.1. The Bertz CT molecular complexity index is 525. The minimum Gasteiger partial charge on any atom is -0.321 e. The van der Waals surface area contributed by atoms with Crippen LogP contribution in [0.25, 0.3) is 0 Å². The molecule has 1 heteroatoms. The van der Waals surface area contributed by atoms with Gasteiger partial charge in [-0.25, -0.2) is 0 Å². The van der Waals surface area contributed by atoms with Gasteiger partial charge in [-0.15, -0.1) is 0 Å². The second-order valence-corrected chi connectivity index (χ2v) is 5.42.